The van der Waals surface area contributed by atoms with Gasteiger partial charge in [-0.1, -0.05) is 36.4 Å². The minimum atomic E-state index is -0.119. The fraction of sp³-hybridized carbons (Fsp3) is 0.188. The molecular formula is C16H15NO2. The molecule has 1 aromatic heterocycles. The normalized spacial score (nSPS) is 10.1. The van der Waals surface area contributed by atoms with Gasteiger partial charge >= 0.3 is 0 Å². The Bertz CT molecular complexity index is 549. The van der Waals surface area contributed by atoms with Crippen molar-refractivity contribution in [3.8, 4) is 0 Å². The number of Topliss-reactive ketones (excluding diaryl/α,β-unsaturated/α-hetero) is 2. The molecule has 2 rings (SSSR count). The summed E-state index contributed by atoms with van der Waals surface area (Å²) in [5.41, 5.74) is 1.47. The van der Waals surface area contributed by atoms with E-state index in [9.17, 15) is 9.59 Å². The monoisotopic (exact) mass is 253 g/mol. The second-order valence-electron chi connectivity index (χ2n) is 4.33. The molecule has 2 aromatic rings. The summed E-state index contributed by atoms with van der Waals surface area (Å²) in [5.74, 6) is -0.161. The van der Waals surface area contributed by atoms with E-state index in [0.717, 1.165) is 5.69 Å². The Morgan fingerprint density at radius 1 is 0.947 bits per heavy atom. The van der Waals surface area contributed by atoms with Crippen molar-refractivity contribution in [1.29, 1.82) is 0 Å². The maximum absolute atomic E-state index is 11.8. The average molecular weight is 253 g/mol. The molecule has 0 bridgehead atoms. The van der Waals surface area contributed by atoms with E-state index in [4.69, 9.17) is 0 Å². The molecule has 3 heteroatoms. The Hall–Kier alpha value is -2.29. The van der Waals surface area contributed by atoms with E-state index >= 15 is 0 Å². The predicted octanol–water partition coefficient (Wildman–Crippen LogP) is 2.86. The molecule has 0 spiro atoms. The van der Waals surface area contributed by atoms with Crippen LogP contribution < -0.4 is 0 Å². The number of carbonyl (C=O) groups is 2. The van der Waals surface area contributed by atoms with Gasteiger partial charge in [0.25, 0.3) is 0 Å². The van der Waals surface area contributed by atoms with Crippen molar-refractivity contribution in [2.24, 2.45) is 0 Å². The second kappa shape index (κ2) is 6.59. The zero-order valence-electron chi connectivity index (χ0n) is 10.6. The van der Waals surface area contributed by atoms with Crippen molar-refractivity contribution in [3.05, 3.63) is 66.0 Å². The van der Waals surface area contributed by atoms with Crippen LogP contribution in [0.3, 0.4) is 0 Å². The molecule has 0 aliphatic carbocycles. The molecule has 0 N–H and O–H groups in total. The molecule has 3 nitrogen and oxygen atoms in total. The van der Waals surface area contributed by atoms with Gasteiger partial charge in [0.2, 0.25) is 0 Å². The summed E-state index contributed by atoms with van der Waals surface area (Å²) in [6.45, 7) is 0. The summed E-state index contributed by atoms with van der Waals surface area (Å²) in [5, 5.41) is 0. The van der Waals surface area contributed by atoms with Gasteiger partial charge in [-0.3, -0.25) is 14.6 Å². The second-order valence-corrected chi connectivity index (χ2v) is 4.33. The molecule has 0 fully saturated rings. The van der Waals surface area contributed by atoms with E-state index in [-0.39, 0.29) is 18.0 Å². The van der Waals surface area contributed by atoms with Crippen LogP contribution in [0.5, 0.6) is 0 Å². The maximum Gasteiger partial charge on any atom is 0.170 e. The van der Waals surface area contributed by atoms with Gasteiger partial charge in [-0.2, -0.15) is 0 Å². The van der Waals surface area contributed by atoms with Gasteiger partial charge in [-0.25, -0.2) is 0 Å². The Morgan fingerprint density at radius 2 is 1.68 bits per heavy atom. The molecule has 0 aliphatic heterocycles. The summed E-state index contributed by atoms with van der Waals surface area (Å²) in [4.78, 5) is 27.7. The molecular weight excluding hydrogens is 238 g/mol. The van der Waals surface area contributed by atoms with E-state index in [1.807, 2.05) is 24.3 Å². The van der Waals surface area contributed by atoms with Crippen molar-refractivity contribution in [2.45, 2.75) is 19.3 Å². The van der Waals surface area contributed by atoms with Crippen molar-refractivity contribution in [3.63, 3.8) is 0 Å². The Labute approximate surface area is 112 Å². The summed E-state index contributed by atoms with van der Waals surface area (Å²) in [7, 11) is 0. The SMILES string of the molecule is O=C(CCc1ccccn1)CC(=O)c1ccccc1. The zero-order valence-corrected chi connectivity index (χ0v) is 10.6. The smallest absolute Gasteiger partial charge is 0.170 e. The molecule has 1 aromatic carbocycles. The van der Waals surface area contributed by atoms with Crippen molar-refractivity contribution in [2.75, 3.05) is 0 Å². The minimum absolute atomic E-state index is 0.0309. The van der Waals surface area contributed by atoms with E-state index in [0.29, 0.717) is 18.4 Å². The lowest BCUT2D eigenvalue weighted by Gasteiger charge is -2.01. The maximum atomic E-state index is 11.8. The van der Waals surface area contributed by atoms with E-state index in [1.165, 1.54) is 0 Å². The van der Waals surface area contributed by atoms with Crippen molar-refractivity contribution >= 4 is 11.6 Å². The van der Waals surface area contributed by atoms with Gasteiger partial charge in [0, 0.05) is 23.9 Å². The fourth-order valence-corrected chi connectivity index (χ4v) is 1.81. The highest BCUT2D eigenvalue weighted by Crippen LogP contribution is 2.06. The molecule has 0 radical (unpaired) electrons. The number of hydrogen-bond donors (Lipinski definition) is 0. The van der Waals surface area contributed by atoms with Gasteiger partial charge in [-0.15, -0.1) is 0 Å². The quantitative estimate of drug-likeness (QED) is 0.587. The first kappa shape index (κ1) is 13.1. The lowest BCUT2D eigenvalue weighted by Crippen LogP contribution is -2.09. The number of aryl methyl sites for hydroxylation is 1. The predicted molar refractivity (Wildman–Crippen MR) is 73.0 cm³/mol. The lowest BCUT2D eigenvalue weighted by molar-refractivity contribution is -0.118. The van der Waals surface area contributed by atoms with E-state index in [2.05, 4.69) is 4.98 Å². The van der Waals surface area contributed by atoms with Crippen LogP contribution in [0.4, 0.5) is 0 Å². The third-order valence-electron chi connectivity index (χ3n) is 2.84. The number of aromatic nitrogens is 1. The summed E-state index contributed by atoms with van der Waals surface area (Å²) in [6.07, 6.45) is 2.61. The van der Waals surface area contributed by atoms with Crippen LogP contribution in [0.15, 0.2) is 54.7 Å². The molecule has 19 heavy (non-hydrogen) atoms. The first-order valence-electron chi connectivity index (χ1n) is 6.25. The summed E-state index contributed by atoms with van der Waals surface area (Å²) >= 11 is 0. The fourth-order valence-electron chi connectivity index (χ4n) is 1.81. The largest absolute Gasteiger partial charge is 0.299 e. The number of nitrogens with zero attached hydrogens (tertiary/aromatic N) is 1. The highest BCUT2D eigenvalue weighted by atomic mass is 16.1. The highest BCUT2D eigenvalue weighted by molar-refractivity contribution is 6.07. The highest BCUT2D eigenvalue weighted by Gasteiger charge is 2.11. The van der Waals surface area contributed by atoms with Crippen molar-refractivity contribution in [1.82, 2.24) is 4.98 Å². The molecule has 0 amide bonds. The minimum Gasteiger partial charge on any atom is -0.299 e. The summed E-state index contributed by atoms with van der Waals surface area (Å²) in [6, 6.07) is 14.5. The number of carbonyl (C=O) groups excluding carboxylic acids is 2. The molecule has 0 saturated heterocycles. The Kier molecular flexibility index (Phi) is 4.56. The first-order valence-corrected chi connectivity index (χ1v) is 6.25. The van der Waals surface area contributed by atoms with Gasteiger partial charge in [-0.05, 0) is 18.6 Å². The number of rotatable bonds is 6. The molecule has 0 unspecified atom stereocenters. The lowest BCUT2D eigenvalue weighted by atomic mass is 10.0. The van der Waals surface area contributed by atoms with Crippen LogP contribution in [-0.4, -0.2) is 16.6 Å². The third-order valence-corrected chi connectivity index (χ3v) is 2.84. The third kappa shape index (κ3) is 4.14. The van der Waals surface area contributed by atoms with E-state index in [1.54, 1.807) is 30.5 Å². The topological polar surface area (TPSA) is 47.0 Å². The Morgan fingerprint density at radius 3 is 2.37 bits per heavy atom. The van der Waals surface area contributed by atoms with E-state index < -0.39 is 0 Å². The molecule has 96 valence electrons. The van der Waals surface area contributed by atoms with Crippen LogP contribution in [0.2, 0.25) is 0 Å². The number of pyridine rings is 1. The van der Waals surface area contributed by atoms with Gasteiger partial charge in [0.1, 0.15) is 5.78 Å². The van der Waals surface area contributed by atoms with Crippen LogP contribution in [-0.2, 0) is 11.2 Å². The standard InChI is InChI=1S/C16H15NO2/c18-15(10-9-14-8-4-5-11-17-14)12-16(19)13-6-2-1-3-7-13/h1-8,11H,9-10,12H2. The van der Waals surface area contributed by atoms with Crippen LogP contribution in [0, 0.1) is 0 Å². The first-order chi connectivity index (χ1) is 9.25. The van der Waals surface area contributed by atoms with Crippen LogP contribution in [0.1, 0.15) is 28.9 Å². The zero-order chi connectivity index (χ0) is 13.5. The number of hydrogen-bond acceptors (Lipinski definition) is 3. The molecule has 0 saturated carbocycles. The van der Waals surface area contributed by atoms with Crippen LogP contribution >= 0.6 is 0 Å². The molecule has 1 heterocycles. The van der Waals surface area contributed by atoms with Gasteiger partial charge in [0.05, 0.1) is 6.42 Å². The van der Waals surface area contributed by atoms with Gasteiger partial charge in [0.15, 0.2) is 5.78 Å². The molecule has 0 atom stereocenters. The molecule has 0 aliphatic rings. The number of benzene rings is 1. The van der Waals surface area contributed by atoms with Crippen LogP contribution in [0.25, 0.3) is 0 Å². The number of ketones is 2. The Balaban J connectivity index is 1.83. The summed E-state index contributed by atoms with van der Waals surface area (Å²) < 4.78 is 0. The van der Waals surface area contributed by atoms with Crippen molar-refractivity contribution < 1.29 is 9.59 Å². The van der Waals surface area contributed by atoms with Gasteiger partial charge < -0.3 is 0 Å². The average Bonchev–Trinajstić information content (AvgIpc) is 2.47.